The van der Waals surface area contributed by atoms with Crippen LogP contribution in [-0.2, 0) is 15.1 Å². The molecule has 0 radical (unpaired) electrons. The Kier molecular flexibility index (Phi) is 4.22. The molecule has 0 aromatic carbocycles. The van der Waals surface area contributed by atoms with E-state index in [1.165, 1.54) is 24.4 Å². The van der Waals surface area contributed by atoms with Crippen molar-refractivity contribution in [3.05, 3.63) is 22.4 Å². The Morgan fingerprint density at radius 2 is 2.00 bits per heavy atom. The number of carbonyl (C=O) groups excluding carboxylic acids is 1. The van der Waals surface area contributed by atoms with Crippen molar-refractivity contribution in [1.82, 2.24) is 0 Å². The molecule has 0 spiro atoms. The van der Waals surface area contributed by atoms with Crippen molar-refractivity contribution in [1.29, 1.82) is 0 Å². The van der Waals surface area contributed by atoms with Gasteiger partial charge in [-0.25, -0.2) is 0 Å². The van der Waals surface area contributed by atoms with Gasteiger partial charge in [-0.3, -0.25) is 4.79 Å². The molecule has 5 heteroatoms. The van der Waals surface area contributed by atoms with Crippen molar-refractivity contribution in [2.24, 2.45) is 11.8 Å². The van der Waals surface area contributed by atoms with Crippen molar-refractivity contribution in [3.8, 4) is 0 Å². The van der Waals surface area contributed by atoms with E-state index in [2.05, 4.69) is 7.05 Å². The van der Waals surface area contributed by atoms with Gasteiger partial charge in [0.25, 0.3) is 0 Å². The minimum atomic E-state index is -1.70. The first-order chi connectivity index (χ1) is 11.5. The Hall–Kier alpha value is -0.910. The molecule has 24 heavy (non-hydrogen) atoms. The third-order valence-corrected chi connectivity index (χ3v) is 7.59. The first kappa shape index (κ1) is 16.6. The molecule has 1 aromatic heterocycles. The maximum absolute atomic E-state index is 13.8. The molecule has 132 valence electrons. The van der Waals surface area contributed by atoms with Gasteiger partial charge in [0, 0.05) is 29.2 Å². The number of ether oxygens (including phenoxy) is 1. The molecule has 1 unspecified atom stereocenters. The summed E-state index contributed by atoms with van der Waals surface area (Å²) in [5, 5.41) is 15.7. The quantitative estimate of drug-likeness (QED) is 0.619. The number of hydrogen-bond donors (Lipinski definition) is 0. The summed E-state index contributed by atoms with van der Waals surface area (Å²) in [7, 11) is 2.25. The second-order valence-electron chi connectivity index (χ2n) is 8.22. The van der Waals surface area contributed by atoms with Gasteiger partial charge in [-0.2, -0.15) is 0 Å². The van der Waals surface area contributed by atoms with Crippen LogP contribution in [0.4, 0.5) is 0 Å². The van der Waals surface area contributed by atoms with Crippen LogP contribution in [0.1, 0.15) is 43.4 Å². The Morgan fingerprint density at radius 1 is 1.29 bits per heavy atom. The van der Waals surface area contributed by atoms with E-state index in [0.717, 1.165) is 49.6 Å². The number of hydrogen-bond acceptors (Lipinski definition) is 4. The smallest absolute Gasteiger partial charge is 0.301 e. The van der Waals surface area contributed by atoms with E-state index in [1.807, 2.05) is 17.5 Å². The predicted molar refractivity (Wildman–Crippen MR) is 91.3 cm³/mol. The Morgan fingerprint density at radius 3 is 2.58 bits per heavy atom. The van der Waals surface area contributed by atoms with Crippen molar-refractivity contribution >= 4 is 17.3 Å². The molecule has 1 aromatic rings. The standard InChI is InChI=1S/C19H27NO3S/c1-20-10-8-14(9-11-20)16(13-20)23-18(21)19(22,15-5-2-3-6-15)17-7-4-12-24-17/h4,7,12,14-16H,2-3,5-6,8-11,13H2,1H3/t14?,16-,19?,20?/m0/s1. The van der Waals surface area contributed by atoms with Crippen LogP contribution in [0.25, 0.3) is 0 Å². The number of esters is 1. The molecular weight excluding hydrogens is 322 g/mol. The maximum atomic E-state index is 13.8. The molecule has 0 N–H and O–H groups in total. The number of fused-ring (bicyclic) bond motifs is 3. The average molecular weight is 349 g/mol. The number of likely N-dealkylation sites (N-methyl/N-ethyl adjacent to an activating group) is 1. The fourth-order valence-electron chi connectivity index (χ4n) is 5.00. The van der Waals surface area contributed by atoms with E-state index in [-0.39, 0.29) is 12.0 Å². The molecule has 2 atom stereocenters. The van der Waals surface area contributed by atoms with Gasteiger partial charge in [0.05, 0.1) is 20.1 Å². The van der Waals surface area contributed by atoms with Crippen molar-refractivity contribution < 1.29 is 19.1 Å². The van der Waals surface area contributed by atoms with Crippen LogP contribution in [-0.4, -0.2) is 43.2 Å². The molecule has 3 saturated heterocycles. The molecule has 2 bridgehead atoms. The highest BCUT2D eigenvalue weighted by Gasteiger charge is 2.48. The van der Waals surface area contributed by atoms with E-state index < -0.39 is 11.6 Å². The van der Waals surface area contributed by atoms with E-state index in [4.69, 9.17) is 4.74 Å². The van der Waals surface area contributed by atoms with E-state index in [9.17, 15) is 9.90 Å². The lowest BCUT2D eigenvalue weighted by molar-refractivity contribution is -0.928. The predicted octanol–water partition coefficient (Wildman–Crippen LogP) is 2.28. The zero-order chi connectivity index (χ0) is 16.8. The lowest BCUT2D eigenvalue weighted by Gasteiger charge is -2.51. The summed E-state index contributed by atoms with van der Waals surface area (Å²) in [4.78, 5) is 13.7. The van der Waals surface area contributed by atoms with Gasteiger partial charge in [-0.05, 0) is 17.4 Å². The first-order valence-corrected chi connectivity index (χ1v) is 10.2. The molecule has 0 amide bonds. The highest BCUT2D eigenvalue weighted by molar-refractivity contribution is 7.10. The second-order valence-corrected chi connectivity index (χ2v) is 9.17. The average Bonchev–Trinajstić information content (AvgIpc) is 3.28. The number of rotatable bonds is 4. The highest BCUT2D eigenvalue weighted by atomic mass is 32.1. The van der Waals surface area contributed by atoms with Crippen LogP contribution >= 0.6 is 11.3 Å². The summed E-state index contributed by atoms with van der Waals surface area (Å²) in [6.07, 6.45) is 5.95. The van der Waals surface area contributed by atoms with Gasteiger partial charge in [0.1, 0.15) is 6.54 Å². The second kappa shape index (κ2) is 6.11. The lowest BCUT2D eigenvalue weighted by atomic mass is 9.82. The summed E-state index contributed by atoms with van der Waals surface area (Å²) >= 11 is 1.40. The number of nitrogens with zero attached hydrogens (tertiary/aromatic N) is 1. The molecule has 4 heterocycles. The summed E-state index contributed by atoms with van der Waals surface area (Å²) in [5.41, 5.74) is -1.70. The molecule has 3 aliphatic heterocycles. The van der Waals surface area contributed by atoms with Crippen molar-refractivity contribution in [2.45, 2.75) is 50.2 Å². The van der Waals surface area contributed by atoms with Gasteiger partial charge in [0.15, 0.2) is 6.10 Å². The zero-order valence-corrected chi connectivity index (χ0v) is 15.2. The molecule has 4 aliphatic rings. The van der Waals surface area contributed by atoms with Gasteiger partial charge >= 0.3 is 5.97 Å². The van der Waals surface area contributed by atoms with Crippen LogP contribution in [0.15, 0.2) is 17.5 Å². The monoisotopic (exact) mass is 349 g/mol. The van der Waals surface area contributed by atoms with E-state index in [0.29, 0.717) is 10.8 Å². The van der Waals surface area contributed by atoms with Gasteiger partial charge < -0.3 is 14.3 Å². The lowest BCUT2D eigenvalue weighted by Crippen LogP contribution is -2.63. The van der Waals surface area contributed by atoms with Crippen LogP contribution in [0.5, 0.6) is 0 Å². The van der Waals surface area contributed by atoms with Crippen LogP contribution in [0.2, 0.25) is 0 Å². The maximum Gasteiger partial charge on any atom is 0.301 e. The van der Waals surface area contributed by atoms with Crippen LogP contribution < -0.4 is 5.11 Å². The Bertz CT molecular complexity index is 588. The molecule has 4 nitrogen and oxygen atoms in total. The topological polar surface area (TPSA) is 49.4 Å². The molecule has 1 aliphatic carbocycles. The zero-order valence-electron chi connectivity index (χ0n) is 14.4. The number of quaternary nitrogens is 1. The van der Waals surface area contributed by atoms with Gasteiger partial charge in [0.2, 0.25) is 0 Å². The van der Waals surface area contributed by atoms with Gasteiger partial charge in [-0.15, -0.1) is 11.3 Å². The van der Waals surface area contributed by atoms with Crippen molar-refractivity contribution in [2.75, 3.05) is 26.7 Å². The summed E-state index contributed by atoms with van der Waals surface area (Å²) in [5.74, 6) is -0.179. The third kappa shape index (κ3) is 2.71. The van der Waals surface area contributed by atoms with E-state index >= 15 is 0 Å². The molecule has 1 saturated carbocycles. The normalized spacial score (nSPS) is 35.8. The fraction of sp³-hybridized carbons (Fsp3) is 0.737. The Balaban J connectivity index is 1.56. The Labute approximate surface area is 148 Å². The largest absolute Gasteiger partial charge is 0.837 e. The minimum absolute atomic E-state index is 0.0697. The third-order valence-electron chi connectivity index (χ3n) is 6.60. The minimum Gasteiger partial charge on any atom is -0.837 e. The number of piperidine rings is 3. The van der Waals surface area contributed by atoms with Crippen LogP contribution in [0.3, 0.4) is 0 Å². The summed E-state index contributed by atoms with van der Waals surface area (Å²) < 4.78 is 6.92. The van der Waals surface area contributed by atoms with E-state index in [1.54, 1.807) is 0 Å². The summed E-state index contributed by atoms with van der Waals surface area (Å²) in [6.45, 7) is 3.23. The number of thiophene rings is 1. The molecular formula is C19H27NO3S. The SMILES string of the molecule is C[N+]12CCC(CC1)[C@@H](OC(=O)C([O-])(c1cccs1)C1CCCC1)C2. The van der Waals surface area contributed by atoms with Crippen LogP contribution in [0, 0.1) is 11.8 Å². The molecule has 4 fully saturated rings. The summed E-state index contributed by atoms with van der Waals surface area (Å²) in [6, 6.07) is 3.69. The van der Waals surface area contributed by atoms with Crippen molar-refractivity contribution in [3.63, 3.8) is 0 Å². The number of carbonyl (C=O) groups is 1. The first-order valence-electron chi connectivity index (χ1n) is 9.30. The van der Waals surface area contributed by atoms with Gasteiger partial charge in [-0.1, -0.05) is 31.7 Å². The highest BCUT2D eigenvalue weighted by Crippen LogP contribution is 2.42. The molecule has 5 rings (SSSR count). The fourth-order valence-corrected chi connectivity index (χ4v) is 5.88.